The maximum absolute atomic E-state index is 13.7. The van der Waals surface area contributed by atoms with E-state index in [1.165, 1.54) is 35.2 Å². The molecule has 0 atom stereocenters. The molecule has 1 aromatic carbocycles. The van der Waals surface area contributed by atoms with E-state index in [0.29, 0.717) is 18.3 Å². The average Bonchev–Trinajstić information content (AvgIpc) is 3.54. The van der Waals surface area contributed by atoms with Crippen LogP contribution in [0, 0.1) is 5.82 Å². The van der Waals surface area contributed by atoms with Crippen molar-refractivity contribution in [3.8, 4) is 16.9 Å². The van der Waals surface area contributed by atoms with Gasteiger partial charge in [-0.2, -0.15) is 23.3 Å². The average molecular weight is 663 g/mol. The first kappa shape index (κ1) is 33.0. The Bertz CT molecular complexity index is 1780. The molecule has 0 saturated carbocycles. The lowest BCUT2D eigenvalue weighted by molar-refractivity contribution is -0.141. The van der Waals surface area contributed by atoms with Crippen LogP contribution in [0.15, 0.2) is 53.7 Å². The summed E-state index contributed by atoms with van der Waals surface area (Å²) in [7, 11) is 1.14. The van der Waals surface area contributed by atoms with Crippen molar-refractivity contribution in [1.29, 1.82) is 0 Å². The van der Waals surface area contributed by atoms with Crippen LogP contribution in [0.3, 0.4) is 0 Å². The first-order chi connectivity index (χ1) is 21.8. The lowest BCUT2D eigenvalue weighted by atomic mass is 10.1. The van der Waals surface area contributed by atoms with Crippen molar-refractivity contribution in [2.75, 3.05) is 45.2 Å². The number of alkyl halides is 3. The number of methoxy groups -OCH3 is 1. The number of piperazine rings is 1. The fraction of sp³-hybridized carbons (Fsp3) is 0.367. The van der Waals surface area contributed by atoms with Crippen LogP contribution in [-0.2, 0) is 17.5 Å². The molecule has 1 aliphatic heterocycles. The second-order valence-electron chi connectivity index (χ2n) is 10.9. The first-order valence-electron chi connectivity index (χ1n) is 14.4. The molecule has 4 aromatic rings. The molecule has 0 amide bonds. The molecule has 11 nitrogen and oxygen atoms in total. The normalized spacial score (nSPS) is 14.5. The van der Waals surface area contributed by atoms with Crippen molar-refractivity contribution in [2.24, 2.45) is 0 Å². The number of hydrogen-bond donors (Lipinski definition) is 1. The number of nitrogens with one attached hydrogen (secondary N) is 1. The van der Waals surface area contributed by atoms with Crippen LogP contribution in [0.1, 0.15) is 29.9 Å². The zero-order valence-electron chi connectivity index (χ0n) is 25.2. The van der Waals surface area contributed by atoms with E-state index < -0.39 is 29.2 Å². The van der Waals surface area contributed by atoms with Gasteiger partial charge < -0.3 is 14.6 Å². The van der Waals surface area contributed by atoms with E-state index in [9.17, 15) is 27.2 Å². The van der Waals surface area contributed by atoms with Crippen LogP contribution in [-0.4, -0.2) is 86.0 Å². The Labute approximate surface area is 266 Å². The number of rotatable bonds is 9. The van der Waals surface area contributed by atoms with E-state index in [-0.39, 0.29) is 40.0 Å². The molecule has 0 bridgehead atoms. The van der Waals surface area contributed by atoms with Crippen LogP contribution >= 0.6 is 11.6 Å². The summed E-state index contributed by atoms with van der Waals surface area (Å²) in [6.07, 6.45) is -0.818. The molecule has 3 aromatic heterocycles. The van der Waals surface area contributed by atoms with E-state index in [1.807, 2.05) is 0 Å². The van der Waals surface area contributed by atoms with Gasteiger partial charge in [0.1, 0.15) is 11.4 Å². The second kappa shape index (κ2) is 13.6. The van der Waals surface area contributed by atoms with Crippen molar-refractivity contribution >= 4 is 29.2 Å². The largest absolute Gasteiger partial charge is 0.465 e. The Hall–Kier alpha value is -4.34. The van der Waals surface area contributed by atoms with Crippen molar-refractivity contribution in [3.63, 3.8) is 0 Å². The number of aromatic nitrogens is 5. The number of pyridine rings is 1. The molecular formula is C30H31ClF4N8O3. The highest BCUT2D eigenvalue weighted by molar-refractivity contribution is 6.31. The Kier molecular flexibility index (Phi) is 9.74. The monoisotopic (exact) mass is 662 g/mol. The van der Waals surface area contributed by atoms with Gasteiger partial charge in [0.15, 0.2) is 11.5 Å². The number of esters is 1. The molecule has 16 heteroatoms. The molecule has 5 rings (SSSR count). The van der Waals surface area contributed by atoms with Crippen molar-refractivity contribution < 1.29 is 27.1 Å². The predicted octanol–water partition coefficient (Wildman–Crippen LogP) is 4.86. The van der Waals surface area contributed by atoms with Gasteiger partial charge in [-0.25, -0.2) is 18.9 Å². The van der Waals surface area contributed by atoms with Crippen LogP contribution < -0.4 is 10.9 Å². The number of carbonyl (C=O) groups is 1. The van der Waals surface area contributed by atoms with E-state index >= 15 is 0 Å². The number of halogens is 5. The van der Waals surface area contributed by atoms with E-state index in [1.54, 1.807) is 0 Å². The van der Waals surface area contributed by atoms with Gasteiger partial charge in [0.2, 0.25) is 5.95 Å². The molecule has 1 aliphatic rings. The number of carbonyl (C=O) groups excluding carboxylic acids is 1. The van der Waals surface area contributed by atoms with Gasteiger partial charge in [0.25, 0.3) is 5.56 Å². The highest BCUT2D eigenvalue weighted by atomic mass is 35.5. The minimum absolute atomic E-state index is 0.0625. The number of benzene rings is 1. The van der Waals surface area contributed by atoms with Crippen LogP contribution in [0.5, 0.6) is 0 Å². The minimum Gasteiger partial charge on any atom is -0.465 e. The molecule has 1 N–H and O–H groups in total. The standard InChI is InChI=1S/C30H31ClF4N8O3/c1-18(2)41-11-8-40(9-12-41)10-13-42-17-19(14-21(27(42)44)28(45)46-3)22-16-36-29(37-20-4-5-24(32)23(31)15-20)38-26(22)43-7-6-25(39-43)30(33,34)35/h4-7,14-18H,8-13H2,1-3H3,(H,36,37,38). The number of nitrogens with zero attached hydrogens (tertiary/aromatic N) is 7. The number of hydrogen-bond acceptors (Lipinski definition) is 9. The van der Waals surface area contributed by atoms with Gasteiger partial charge in [-0.3, -0.25) is 14.6 Å². The topological polar surface area (TPSA) is 110 Å². The van der Waals surface area contributed by atoms with E-state index in [4.69, 9.17) is 16.3 Å². The summed E-state index contributed by atoms with van der Waals surface area (Å²) in [5, 5.41) is 6.36. The van der Waals surface area contributed by atoms with Gasteiger partial charge in [0, 0.05) is 80.7 Å². The minimum atomic E-state index is -4.73. The third-order valence-corrected chi connectivity index (χ3v) is 7.93. The lowest BCUT2D eigenvalue weighted by Gasteiger charge is -2.37. The summed E-state index contributed by atoms with van der Waals surface area (Å²) in [4.78, 5) is 39.3. The number of ether oxygens (including phenoxy) is 1. The van der Waals surface area contributed by atoms with E-state index in [0.717, 1.165) is 56.3 Å². The number of anilines is 2. The molecule has 1 fully saturated rings. The SMILES string of the molecule is COC(=O)c1cc(-c2cnc(Nc3ccc(F)c(Cl)c3)nc2-n2ccc(C(F)(F)F)n2)cn(CCN2CCN(C(C)C)CC2)c1=O. The molecule has 0 unspecified atom stereocenters. The summed E-state index contributed by atoms with van der Waals surface area (Å²) in [5.74, 6) is -1.67. The molecule has 0 aliphatic carbocycles. The van der Waals surface area contributed by atoms with Crippen LogP contribution in [0.25, 0.3) is 16.9 Å². The highest BCUT2D eigenvalue weighted by Gasteiger charge is 2.34. The maximum atomic E-state index is 13.7. The second-order valence-corrected chi connectivity index (χ2v) is 11.3. The summed E-state index contributed by atoms with van der Waals surface area (Å²) < 4.78 is 61.3. The molecular weight excluding hydrogens is 632 g/mol. The summed E-state index contributed by atoms with van der Waals surface area (Å²) in [6, 6.07) is 6.32. The fourth-order valence-corrected chi connectivity index (χ4v) is 5.25. The quantitative estimate of drug-likeness (QED) is 0.199. The molecule has 1 saturated heterocycles. The molecule has 244 valence electrons. The third-order valence-electron chi connectivity index (χ3n) is 7.64. The van der Waals surface area contributed by atoms with Crippen molar-refractivity contribution in [3.05, 3.63) is 81.4 Å². The van der Waals surface area contributed by atoms with Gasteiger partial charge in [-0.15, -0.1) is 0 Å². The predicted molar refractivity (Wildman–Crippen MR) is 163 cm³/mol. The van der Waals surface area contributed by atoms with Crippen LogP contribution in [0.2, 0.25) is 5.02 Å². The van der Waals surface area contributed by atoms with Gasteiger partial charge in [-0.05, 0) is 44.2 Å². The van der Waals surface area contributed by atoms with Gasteiger partial charge >= 0.3 is 12.1 Å². The molecule has 4 heterocycles. The zero-order chi connectivity index (χ0) is 33.2. The van der Waals surface area contributed by atoms with Crippen molar-refractivity contribution in [1.82, 2.24) is 34.1 Å². The first-order valence-corrected chi connectivity index (χ1v) is 14.7. The van der Waals surface area contributed by atoms with Gasteiger partial charge in [0.05, 0.1) is 12.1 Å². The third kappa shape index (κ3) is 7.37. The molecule has 0 radical (unpaired) electrons. The Morgan fingerprint density at radius 3 is 2.48 bits per heavy atom. The summed E-state index contributed by atoms with van der Waals surface area (Å²) in [5.41, 5.74) is -1.25. The van der Waals surface area contributed by atoms with E-state index in [2.05, 4.69) is 44.0 Å². The van der Waals surface area contributed by atoms with Crippen LogP contribution in [0.4, 0.5) is 29.2 Å². The molecule has 46 heavy (non-hydrogen) atoms. The zero-order valence-corrected chi connectivity index (χ0v) is 25.9. The van der Waals surface area contributed by atoms with Gasteiger partial charge in [-0.1, -0.05) is 11.6 Å². The summed E-state index contributed by atoms with van der Waals surface area (Å²) in [6.45, 7) is 8.43. The maximum Gasteiger partial charge on any atom is 0.435 e. The summed E-state index contributed by atoms with van der Waals surface area (Å²) >= 11 is 5.88. The lowest BCUT2D eigenvalue weighted by Crippen LogP contribution is -2.49. The molecule has 0 spiro atoms. The smallest absolute Gasteiger partial charge is 0.435 e. The Morgan fingerprint density at radius 1 is 1.11 bits per heavy atom. The Balaban J connectivity index is 1.55. The highest BCUT2D eigenvalue weighted by Crippen LogP contribution is 2.31. The fourth-order valence-electron chi connectivity index (χ4n) is 5.07. The Morgan fingerprint density at radius 2 is 1.85 bits per heavy atom. The van der Waals surface area contributed by atoms with Crippen molar-refractivity contribution in [2.45, 2.75) is 32.6 Å².